The third-order valence-corrected chi connectivity index (χ3v) is 3.07. The number of hydrogen-bond acceptors (Lipinski definition) is 1. The molecule has 1 heteroatoms. The molecule has 12 heavy (non-hydrogen) atoms. The van der Waals surface area contributed by atoms with E-state index in [1.807, 2.05) is 0 Å². The van der Waals surface area contributed by atoms with Gasteiger partial charge >= 0.3 is 0 Å². The van der Waals surface area contributed by atoms with Crippen LogP contribution in [0.1, 0.15) is 47.0 Å². The second-order valence-corrected chi connectivity index (χ2v) is 4.73. The van der Waals surface area contributed by atoms with Crippen molar-refractivity contribution in [3.8, 4) is 0 Å². The number of hydrogen-bond donors (Lipinski definition) is 1. The van der Waals surface area contributed by atoms with E-state index >= 15 is 0 Å². The van der Waals surface area contributed by atoms with Crippen LogP contribution in [0.15, 0.2) is 0 Å². The summed E-state index contributed by atoms with van der Waals surface area (Å²) >= 11 is 0. The van der Waals surface area contributed by atoms with Crippen LogP contribution < -0.4 is 5.32 Å². The second kappa shape index (κ2) is 4.27. The smallest absolute Gasteiger partial charge is 0.0121 e. The minimum Gasteiger partial charge on any atom is -0.311 e. The molecule has 0 heterocycles. The Morgan fingerprint density at radius 2 is 1.58 bits per heavy atom. The van der Waals surface area contributed by atoms with Crippen LogP contribution in [-0.4, -0.2) is 12.1 Å². The van der Waals surface area contributed by atoms with Gasteiger partial charge in [0.1, 0.15) is 0 Å². The first kappa shape index (κ1) is 10.0. The molecule has 1 aliphatic carbocycles. The summed E-state index contributed by atoms with van der Waals surface area (Å²) in [5.74, 6) is 1.74. The Morgan fingerprint density at radius 1 is 1.08 bits per heavy atom. The molecule has 1 aliphatic rings. The molecule has 1 fully saturated rings. The highest BCUT2D eigenvalue weighted by molar-refractivity contribution is 4.84. The molecule has 0 radical (unpaired) electrons. The highest BCUT2D eigenvalue weighted by atomic mass is 15.0. The Hall–Kier alpha value is -0.0400. The van der Waals surface area contributed by atoms with Crippen molar-refractivity contribution in [2.45, 2.75) is 59.0 Å². The quantitative estimate of drug-likeness (QED) is 0.670. The Kier molecular flexibility index (Phi) is 3.57. The molecule has 0 aromatic heterocycles. The molecule has 0 aliphatic heterocycles. The Balaban J connectivity index is 2.45. The predicted octanol–water partition coefficient (Wildman–Crippen LogP) is 2.81. The molecule has 0 bridgehead atoms. The maximum atomic E-state index is 3.68. The van der Waals surface area contributed by atoms with Crippen molar-refractivity contribution in [1.82, 2.24) is 5.32 Å². The average Bonchev–Trinajstić information content (AvgIpc) is 1.97. The highest BCUT2D eigenvalue weighted by Gasteiger charge is 2.27. The van der Waals surface area contributed by atoms with E-state index in [1.165, 1.54) is 19.3 Å². The summed E-state index contributed by atoms with van der Waals surface area (Å²) < 4.78 is 0. The van der Waals surface area contributed by atoms with E-state index in [9.17, 15) is 0 Å². The first-order valence-electron chi connectivity index (χ1n) is 5.37. The minimum atomic E-state index is 0.637. The van der Waals surface area contributed by atoms with Gasteiger partial charge < -0.3 is 5.32 Å². The van der Waals surface area contributed by atoms with Gasteiger partial charge in [0.2, 0.25) is 0 Å². The lowest BCUT2D eigenvalue weighted by atomic mass is 9.78. The second-order valence-electron chi connectivity index (χ2n) is 4.73. The van der Waals surface area contributed by atoms with Gasteiger partial charge in [0.15, 0.2) is 0 Å². The van der Waals surface area contributed by atoms with Gasteiger partial charge in [-0.05, 0) is 24.7 Å². The van der Waals surface area contributed by atoms with E-state index in [1.54, 1.807) is 0 Å². The fourth-order valence-electron chi connectivity index (χ4n) is 2.40. The molecule has 1 N–H and O–H groups in total. The van der Waals surface area contributed by atoms with Gasteiger partial charge in [-0.25, -0.2) is 0 Å². The first-order chi connectivity index (χ1) is 5.61. The Labute approximate surface area is 76.9 Å². The van der Waals surface area contributed by atoms with Crippen LogP contribution in [0.5, 0.6) is 0 Å². The monoisotopic (exact) mass is 169 g/mol. The molecule has 0 aromatic carbocycles. The molecule has 1 saturated carbocycles. The normalized spacial score (nSPS) is 37.2. The van der Waals surface area contributed by atoms with Crippen molar-refractivity contribution < 1.29 is 0 Å². The van der Waals surface area contributed by atoms with Crippen molar-refractivity contribution in [2.75, 3.05) is 0 Å². The van der Waals surface area contributed by atoms with E-state index in [0.717, 1.165) is 17.9 Å². The van der Waals surface area contributed by atoms with Crippen LogP contribution >= 0.6 is 0 Å². The van der Waals surface area contributed by atoms with Gasteiger partial charge in [-0.3, -0.25) is 0 Å². The van der Waals surface area contributed by atoms with Gasteiger partial charge in [-0.1, -0.05) is 34.1 Å². The maximum absolute atomic E-state index is 3.68. The van der Waals surface area contributed by atoms with Gasteiger partial charge in [-0.15, -0.1) is 0 Å². The van der Waals surface area contributed by atoms with Crippen LogP contribution in [0.25, 0.3) is 0 Å². The molecule has 1 rings (SSSR count). The van der Waals surface area contributed by atoms with Gasteiger partial charge in [0.05, 0.1) is 0 Å². The molecule has 1 nitrogen and oxygen atoms in total. The third-order valence-electron chi connectivity index (χ3n) is 3.07. The fourth-order valence-corrected chi connectivity index (χ4v) is 2.40. The summed E-state index contributed by atoms with van der Waals surface area (Å²) in [6.45, 7) is 9.26. The fraction of sp³-hybridized carbons (Fsp3) is 1.00. The summed E-state index contributed by atoms with van der Waals surface area (Å²) in [5, 5.41) is 3.68. The zero-order chi connectivity index (χ0) is 9.14. The minimum absolute atomic E-state index is 0.637. The topological polar surface area (TPSA) is 12.0 Å². The zero-order valence-corrected chi connectivity index (χ0v) is 8.93. The van der Waals surface area contributed by atoms with Crippen molar-refractivity contribution >= 4 is 0 Å². The summed E-state index contributed by atoms with van der Waals surface area (Å²) in [5.41, 5.74) is 0. The predicted molar refractivity (Wildman–Crippen MR) is 54.2 cm³/mol. The average molecular weight is 169 g/mol. The molecule has 0 amide bonds. The molecule has 0 aromatic rings. The third kappa shape index (κ3) is 2.48. The molecule has 1 unspecified atom stereocenters. The van der Waals surface area contributed by atoms with E-state index < -0.39 is 0 Å². The molecule has 0 saturated heterocycles. The molecular weight excluding hydrogens is 146 g/mol. The summed E-state index contributed by atoms with van der Waals surface area (Å²) in [6.07, 6.45) is 4.25. The Morgan fingerprint density at radius 3 is 2.00 bits per heavy atom. The van der Waals surface area contributed by atoms with E-state index in [-0.39, 0.29) is 0 Å². The number of rotatable bonds is 2. The maximum Gasteiger partial charge on any atom is 0.0121 e. The first-order valence-corrected chi connectivity index (χ1v) is 5.37. The highest BCUT2D eigenvalue weighted by Crippen LogP contribution is 2.28. The zero-order valence-electron chi connectivity index (χ0n) is 8.93. The van der Waals surface area contributed by atoms with Gasteiger partial charge in [0.25, 0.3) is 0 Å². The molecule has 72 valence electrons. The van der Waals surface area contributed by atoms with Crippen LogP contribution in [0.2, 0.25) is 0 Å². The van der Waals surface area contributed by atoms with E-state index in [4.69, 9.17) is 0 Å². The summed E-state index contributed by atoms with van der Waals surface area (Å²) in [4.78, 5) is 0. The van der Waals surface area contributed by atoms with E-state index in [0.29, 0.717) is 6.04 Å². The number of nitrogens with one attached hydrogen (secondary N) is 1. The van der Waals surface area contributed by atoms with Crippen LogP contribution in [-0.2, 0) is 0 Å². The van der Waals surface area contributed by atoms with Gasteiger partial charge in [0, 0.05) is 12.1 Å². The van der Waals surface area contributed by atoms with Crippen molar-refractivity contribution in [1.29, 1.82) is 0 Å². The molecule has 3 atom stereocenters. The lowest BCUT2D eigenvalue weighted by molar-refractivity contribution is 0.199. The summed E-state index contributed by atoms with van der Waals surface area (Å²) in [7, 11) is 0. The Bertz CT molecular complexity index is 121. The van der Waals surface area contributed by atoms with Crippen molar-refractivity contribution in [3.05, 3.63) is 0 Å². The van der Waals surface area contributed by atoms with Crippen molar-refractivity contribution in [2.24, 2.45) is 11.8 Å². The standard InChI is InChI=1S/C11H23N/c1-8(2)12-11-9(3)6-5-7-10(11)4/h8-12H,5-7H2,1-4H3/t9-,10+,11?. The molecule has 0 spiro atoms. The van der Waals surface area contributed by atoms with Crippen LogP contribution in [0.3, 0.4) is 0 Å². The lowest BCUT2D eigenvalue weighted by Gasteiger charge is -2.36. The van der Waals surface area contributed by atoms with Crippen LogP contribution in [0.4, 0.5) is 0 Å². The van der Waals surface area contributed by atoms with Crippen LogP contribution in [0, 0.1) is 11.8 Å². The lowest BCUT2D eigenvalue weighted by Crippen LogP contribution is -2.45. The molecular formula is C11H23N. The van der Waals surface area contributed by atoms with Gasteiger partial charge in [-0.2, -0.15) is 0 Å². The summed E-state index contributed by atoms with van der Waals surface area (Å²) in [6, 6.07) is 1.40. The van der Waals surface area contributed by atoms with Crippen molar-refractivity contribution in [3.63, 3.8) is 0 Å². The largest absolute Gasteiger partial charge is 0.311 e. The SMILES string of the molecule is CC(C)NC1[C@H](C)CCC[C@@H]1C. The van der Waals surface area contributed by atoms with E-state index in [2.05, 4.69) is 33.0 Å².